The van der Waals surface area contributed by atoms with E-state index in [0.29, 0.717) is 31.1 Å². The molecule has 1 amide bonds. The summed E-state index contributed by atoms with van der Waals surface area (Å²) in [6.45, 7) is 3.72. The van der Waals surface area contributed by atoms with E-state index in [1.165, 1.54) is 23.8 Å². The van der Waals surface area contributed by atoms with Gasteiger partial charge in [0.25, 0.3) is 5.91 Å². The van der Waals surface area contributed by atoms with Gasteiger partial charge in [0.15, 0.2) is 0 Å². The van der Waals surface area contributed by atoms with Crippen molar-refractivity contribution in [3.8, 4) is 5.69 Å². The predicted molar refractivity (Wildman–Crippen MR) is 152 cm³/mol. The summed E-state index contributed by atoms with van der Waals surface area (Å²) in [5, 5.41) is 4.78. The van der Waals surface area contributed by atoms with E-state index in [0.717, 1.165) is 49.3 Å². The minimum Gasteiger partial charge on any atom is -0.338 e. The Hall–Kier alpha value is -3.55. The molecule has 6 rings (SSSR count). The fourth-order valence-corrected chi connectivity index (χ4v) is 6.28. The van der Waals surface area contributed by atoms with Crippen LogP contribution in [0, 0.1) is 11.6 Å². The Kier molecular flexibility index (Phi) is 7.67. The summed E-state index contributed by atoms with van der Waals surface area (Å²) in [7, 11) is 0. The molecule has 2 fully saturated rings. The number of carbonyl (C=O) groups excluding carboxylic acids is 1. The average Bonchev–Trinajstić information content (AvgIpc) is 3.65. The number of nitrogens with zero attached hydrogens (tertiary/aromatic N) is 4. The maximum absolute atomic E-state index is 13.9. The molecule has 0 unspecified atom stereocenters. The van der Waals surface area contributed by atoms with Crippen LogP contribution in [0.2, 0.25) is 5.02 Å². The Morgan fingerprint density at radius 2 is 1.62 bits per heavy atom. The van der Waals surface area contributed by atoms with Crippen LogP contribution in [0.4, 0.5) is 8.78 Å². The van der Waals surface area contributed by atoms with Crippen molar-refractivity contribution in [2.75, 3.05) is 26.2 Å². The smallest absolute Gasteiger partial charge is 0.257 e. The number of rotatable bonds is 6. The van der Waals surface area contributed by atoms with E-state index in [9.17, 15) is 13.6 Å². The number of amides is 1. The van der Waals surface area contributed by atoms with Crippen LogP contribution in [0.1, 0.15) is 58.3 Å². The molecular formula is C32H31ClF2N4O. The summed E-state index contributed by atoms with van der Waals surface area (Å²) in [6, 6.07) is 21.5. The van der Waals surface area contributed by atoms with Crippen molar-refractivity contribution in [2.45, 2.75) is 37.6 Å². The van der Waals surface area contributed by atoms with Gasteiger partial charge >= 0.3 is 0 Å². The lowest BCUT2D eigenvalue weighted by Crippen LogP contribution is -2.34. The van der Waals surface area contributed by atoms with Crippen LogP contribution in [0.15, 0.2) is 79.0 Å². The third-order valence-corrected chi connectivity index (χ3v) is 8.51. The van der Waals surface area contributed by atoms with Crippen molar-refractivity contribution < 1.29 is 13.6 Å². The van der Waals surface area contributed by atoms with Gasteiger partial charge in [-0.3, -0.25) is 9.69 Å². The quantitative estimate of drug-likeness (QED) is 0.260. The van der Waals surface area contributed by atoms with Gasteiger partial charge < -0.3 is 4.90 Å². The summed E-state index contributed by atoms with van der Waals surface area (Å²) in [4.78, 5) is 18.2. The molecule has 0 saturated carbocycles. The first kappa shape index (κ1) is 26.7. The number of halogens is 3. The van der Waals surface area contributed by atoms with E-state index in [1.807, 2.05) is 27.8 Å². The Bertz CT molecular complexity index is 1480. The highest BCUT2D eigenvalue weighted by molar-refractivity contribution is 6.30. The zero-order valence-electron chi connectivity index (χ0n) is 22.1. The lowest BCUT2D eigenvalue weighted by Gasteiger charge is -2.33. The molecule has 5 nitrogen and oxygen atoms in total. The SMILES string of the molecule is O=C(c1cnn(-c2ccc(F)cc2)c1C1CCN(Cc2ccc(F)c(Cl)c2)CC1)N1CC[C@H](c2ccccc2)C1. The lowest BCUT2D eigenvalue weighted by atomic mass is 9.90. The molecule has 0 N–H and O–H groups in total. The molecule has 1 atom stereocenters. The average molecular weight is 561 g/mol. The molecule has 40 heavy (non-hydrogen) atoms. The van der Waals surface area contributed by atoms with Crippen molar-refractivity contribution >= 4 is 17.5 Å². The van der Waals surface area contributed by atoms with Crippen LogP contribution in [0.25, 0.3) is 5.69 Å². The number of hydrogen-bond acceptors (Lipinski definition) is 3. The van der Waals surface area contributed by atoms with E-state index < -0.39 is 5.82 Å². The van der Waals surface area contributed by atoms with Crippen molar-refractivity contribution in [1.29, 1.82) is 0 Å². The normalized spacial score (nSPS) is 18.4. The summed E-state index contributed by atoms with van der Waals surface area (Å²) in [6.07, 6.45) is 4.30. The molecule has 206 valence electrons. The fourth-order valence-electron chi connectivity index (χ4n) is 6.08. The molecule has 8 heteroatoms. The predicted octanol–water partition coefficient (Wildman–Crippen LogP) is 6.81. The summed E-state index contributed by atoms with van der Waals surface area (Å²) >= 11 is 5.99. The van der Waals surface area contributed by atoms with Gasteiger partial charge in [-0.15, -0.1) is 0 Å². The van der Waals surface area contributed by atoms with Crippen LogP contribution in [-0.4, -0.2) is 51.7 Å². The first-order valence-corrected chi connectivity index (χ1v) is 14.2. The van der Waals surface area contributed by atoms with Crippen LogP contribution < -0.4 is 0 Å². The van der Waals surface area contributed by atoms with Crippen molar-refractivity contribution in [1.82, 2.24) is 19.6 Å². The van der Waals surface area contributed by atoms with E-state index >= 15 is 0 Å². The van der Waals surface area contributed by atoms with Gasteiger partial charge in [0.05, 0.1) is 28.2 Å². The van der Waals surface area contributed by atoms with E-state index in [2.05, 4.69) is 22.1 Å². The molecular weight excluding hydrogens is 530 g/mol. The van der Waals surface area contributed by atoms with Gasteiger partial charge in [-0.25, -0.2) is 13.5 Å². The third kappa shape index (κ3) is 5.54. The van der Waals surface area contributed by atoms with Crippen LogP contribution in [-0.2, 0) is 6.54 Å². The first-order valence-electron chi connectivity index (χ1n) is 13.8. The Labute approximate surface area is 238 Å². The monoisotopic (exact) mass is 560 g/mol. The maximum Gasteiger partial charge on any atom is 0.257 e. The Morgan fingerprint density at radius 1 is 0.900 bits per heavy atom. The standard InChI is InChI=1S/C32H31ClF2N4O/c33-29-18-22(6-11-30(29)35)20-37-15-12-24(13-16-37)31-28(19-36-39(31)27-9-7-26(34)8-10-27)32(40)38-17-14-25(21-38)23-4-2-1-3-5-23/h1-11,18-19,24-25H,12-17,20-21H2/t25-/m0/s1. The second kappa shape index (κ2) is 11.5. The highest BCUT2D eigenvalue weighted by Crippen LogP contribution is 2.35. The van der Waals surface area contributed by atoms with Gasteiger partial charge in [-0.05, 0) is 79.9 Å². The van der Waals surface area contributed by atoms with Crippen molar-refractivity contribution in [2.24, 2.45) is 0 Å². The second-order valence-electron chi connectivity index (χ2n) is 10.8. The van der Waals surface area contributed by atoms with Gasteiger partial charge in [0.2, 0.25) is 0 Å². The van der Waals surface area contributed by atoms with E-state index in [4.69, 9.17) is 11.6 Å². The van der Waals surface area contributed by atoms with Gasteiger partial charge in [0, 0.05) is 31.5 Å². The highest BCUT2D eigenvalue weighted by atomic mass is 35.5. The summed E-state index contributed by atoms with van der Waals surface area (Å²) in [5.41, 5.74) is 4.49. The van der Waals surface area contributed by atoms with Crippen LogP contribution >= 0.6 is 11.6 Å². The van der Waals surface area contributed by atoms with Gasteiger partial charge in [-0.2, -0.15) is 5.10 Å². The number of hydrogen-bond donors (Lipinski definition) is 0. The van der Waals surface area contributed by atoms with Crippen LogP contribution in [0.5, 0.6) is 0 Å². The zero-order valence-corrected chi connectivity index (χ0v) is 22.9. The molecule has 0 spiro atoms. The molecule has 0 aliphatic carbocycles. The lowest BCUT2D eigenvalue weighted by molar-refractivity contribution is 0.0788. The molecule has 0 bridgehead atoms. The molecule has 2 aliphatic rings. The molecule has 3 aromatic carbocycles. The molecule has 2 aliphatic heterocycles. The second-order valence-corrected chi connectivity index (χ2v) is 11.2. The van der Waals surface area contributed by atoms with E-state index in [-0.39, 0.29) is 22.7 Å². The minimum atomic E-state index is -0.413. The number of benzene rings is 3. The molecule has 0 radical (unpaired) electrons. The topological polar surface area (TPSA) is 41.4 Å². The minimum absolute atomic E-state index is 0.00479. The molecule has 4 aromatic rings. The molecule has 2 saturated heterocycles. The van der Waals surface area contributed by atoms with Gasteiger partial charge in [0.1, 0.15) is 11.6 Å². The van der Waals surface area contributed by atoms with Crippen molar-refractivity contribution in [3.63, 3.8) is 0 Å². The summed E-state index contributed by atoms with van der Waals surface area (Å²) in [5.74, 6) is -0.281. The maximum atomic E-state index is 13.9. The van der Waals surface area contributed by atoms with Crippen molar-refractivity contribution in [3.05, 3.63) is 118 Å². The third-order valence-electron chi connectivity index (χ3n) is 8.22. The number of likely N-dealkylation sites (tertiary alicyclic amines) is 2. The van der Waals surface area contributed by atoms with Crippen LogP contribution in [0.3, 0.4) is 0 Å². The highest BCUT2D eigenvalue weighted by Gasteiger charge is 2.34. The summed E-state index contributed by atoms with van der Waals surface area (Å²) < 4.78 is 29.1. The Balaban J connectivity index is 1.23. The number of aromatic nitrogens is 2. The first-order chi connectivity index (χ1) is 19.5. The van der Waals surface area contributed by atoms with Gasteiger partial charge in [-0.1, -0.05) is 48.0 Å². The fraction of sp³-hybridized carbons (Fsp3) is 0.312. The zero-order chi connectivity index (χ0) is 27.6. The molecule has 1 aromatic heterocycles. The van der Waals surface area contributed by atoms with E-state index in [1.54, 1.807) is 30.5 Å². The Morgan fingerprint density at radius 3 is 2.35 bits per heavy atom. The number of piperidine rings is 1. The molecule has 3 heterocycles. The largest absolute Gasteiger partial charge is 0.338 e. The number of carbonyl (C=O) groups is 1.